The van der Waals surface area contributed by atoms with E-state index in [2.05, 4.69) is 4.98 Å². The first kappa shape index (κ1) is 15.0. The van der Waals surface area contributed by atoms with Crippen LogP contribution in [0.15, 0.2) is 24.4 Å². The van der Waals surface area contributed by atoms with Crippen LogP contribution in [0, 0.1) is 0 Å². The molecule has 2 rings (SSSR count). The third-order valence-electron chi connectivity index (χ3n) is 3.60. The molecule has 1 aliphatic carbocycles. The van der Waals surface area contributed by atoms with Crippen molar-refractivity contribution in [1.82, 2.24) is 4.98 Å². The Kier molecular flexibility index (Phi) is 4.15. The van der Waals surface area contributed by atoms with Crippen LogP contribution < -0.4 is 0 Å². The zero-order chi connectivity index (χ0) is 14.8. The lowest BCUT2D eigenvalue weighted by atomic mass is 9.90. The van der Waals surface area contributed by atoms with Gasteiger partial charge >= 0.3 is 6.18 Å². The standard InChI is InChI=1S/C14H16F3NO2/c1-19-13(20-2)7-5-10(6-8-13)11-3-4-12(18-9-11)14(15,16)17/h3-5,9H,6-8H2,1-2H3. The van der Waals surface area contributed by atoms with Gasteiger partial charge in [0.15, 0.2) is 5.79 Å². The fraction of sp³-hybridized carbons (Fsp3) is 0.500. The number of methoxy groups -OCH3 is 2. The average molecular weight is 287 g/mol. The molecular formula is C14H16F3NO2. The van der Waals surface area contributed by atoms with Crippen LogP contribution in [-0.2, 0) is 15.7 Å². The molecule has 0 saturated heterocycles. The first-order valence-corrected chi connectivity index (χ1v) is 6.23. The van der Waals surface area contributed by atoms with Crippen molar-refractivity contribution >= 4 is 5.57 Å². The van der Waals surface area contributed by atoms with Crippen LogP contribution in [0.25, 0.3) is 5.57 Å². The van der Waals surface area contributed by atoms with E-state index in [1.807, 2.05) is 6.08 Å². The number of ether oxygens (including phenoxy) is 2. The number of hydrogen-bond acceptors (Lipinski definition) is 3. The monoisotopic (exact) mass is 287 g/mol. The maximum Gasteiger partial charge on any atom is 0.433 e. The van der Waals surface area contributed by atoms with E-state index in [9.17, 15) is 13.2 Å². The molecule has 3 nitrogen and oxygen atoms in total. The van der Waals surface area contributed by atoms with Gasteiger partial charge in [0.25, 0.3) is 0 Å². The largest absolute Gasteiger partial charge is 0.433 e. The van der Waals surface area contributed by atoms with Crippen LogP contribution in [0.5, 0.6) is 0 Å². The predicted molar refractivity (Wildman–Crippen MR) is 67.8 cm³/mol. The van der Waals surface area contributed by atoms with Gasteiger partial charge in [0.2, 0.25) is 0 Å². The molecule has 20 heavy (non-hydrogen) atoms. The lowest BCUT2D eigenvalue weighted by Gasteiger charge is -2.33. The minimum absolute atomic E-state index is 0.566. The molecule has 0 fully saturated rings. The van der Waals surface area contributed by atoms with E-state index in [1.165, 1.54) is 12.3 Å². The SMILES string of the molecule is COC1(OC)CC=C(c2ccc(C(F)(F)F)nc2)CC1. The van der Waals surface area contributed by atoms with E-state index < -0.39 is 17.7 Å². The first-order valence-electron chi connectivity index (χ1n) is 6.23. The molecule has 0 N–H and O–H groups in total. The Morgan fingerprint density at radius 3 is 2.30 bits per heavy atom. The minimum Gasteiger partial charge on any atom is -0.353 e. The molecule has 1 heterocycles. The van der Waals surface area contributed by atoms with Gasteiger partial charge in [-0.05, 0) is 23.6 Å². The quantitative estimate of drug-likeness (QED) is 0.795. The van der Waals surface area contributed by atoms with Gasteiger partial charge in [-0.1, -0.05) is 12.1 Å². The summed E-state index contributed by atoms with van der Waals surface area (Å²) in [7, 11) is 3.17. The molecule has 0 spiro atoms. The number of aromatic nitrogens is 1. The fourth-order valence-corrected chi connectivity index (χ4v) is 2.28. The van der Waals surface area contributed by atoms with Crippen LogP contribution in [-0.4, -0.2) is 25.0 Å². The van der Waals surface area contributed by atoms with Gasteiger partial charge in [-0.15, -0.1) is 0 Å². The van der Waals surface area contributed by atoms with Gasteiger partial charge in [-0.3, -0.25) is 4.98 Å². The fourth-order valence-electron chi connectivity index (χ4n) is 2.28. The molecule has 1 aromatic rings. The molecule has 0 amide bonds. The van der Waals surface area contributed by atoms with E-state index in [0.717, 1.165) is 11.6 Å². The number of rotatable bonds is 3. The third-order valence-corrected chi connectivity index (χ3v) is 3.60. The topological polar surface area (TPSA) is 31.4 Å². The molecule has 0 radical (unpaired) electrons. The molecule has 110 valence electrons. The lowest BCUT2D eigenvalue weighted by Crippen LogP contribution is -2.34. The van der Waals surface area contributed by atoms with Crippen molar-refractivity contribution in [2.45, 2.75) is 31.2 Å². The first-order chi connectivity index (χ1) is 9.40. The van der Waals surface area contributed by atoms with E-state index >= 15 is 0 Å². The maximum absolute atomic E-state index is 12.4. The summed E-state index contributed by atoms with van der Waals surface area (Å²) in [5, 5.41) is 0. The van der Waals surface area contributed by atoms with E-state index in [-0.39, 0.29) is 0 Å². The Morgan fingerprint density at radius 2 is 1.90 bits per heavy atom. The summed E-state index contributed by atoms with van der Waals surface area (Å²) in [6, 6.07) is 2.46. The van der Waals surface area contributed by atoms with Crippen molar-refractivity contribution in [3.05, 3.63) is 35.7 Å². The second-order valence-electron chi connectivity index (χ2n) is 4.68. The second-order valence-corrected chi connectivity index (χ2v) is 4.68. The smallest absolute Gasteiger partial charge is 0.353 e. The van der Waals surface area contributed by atoms with E-state index in [4.69, 9.17) is 9.47 Å². The summed E-state index contributed by atoms with van der Waals surface area (Å²) in [6.45, 7) is 0. The number of alkyl halides is 3. The maximum atomic E-state index is 12.4. The van der Waals surface area contributed by atoms with Crippen LogP contribution in [0.2, 0.25) is 0 Å². The molecule has 0 unspecified atom stereocenters. The molecule has 0 aromatic carbocycles. The van der Waals surface area contributed by atoms with E-state index in [0.29, 0.717) is 24.8 Å². The highest BCUT2D eigenvalue weighted by molar-refractivity contribution is 5.65. The zero-order valence-corrected chi connectivity index (χ0v) is 11.3. The van der Waals surface area contributed by atoms with Crippen molar-refractivity contribution in [1.29, 1.82) is 0 Å². The number of hydrogen-bond donors (Lipinski definition) is 0. The van der Waals surface area contributed by atoms with Crippen molar-refractivity contribution in [2.75, 3.05) is 14.2 Å². The Morgan fingerprint density at radius 1 is 1.20 bits per heavy atom. The molecule has 0 saturated carbocycles. The van der Waals surface area contributed by atoms with Crippen LogP contribution in [0.4, 0.5) is 13.2 Å². The van der Waals surface area contributed by atoms with Gasteiger partial charge in [-0.25, -0.2) is 0 Å². The molecule has 0 atom stereocenters. The Balaban J connectivity index is 2.16. The Hall–Kier alpha value is -1.40. The molecule has 0 aliphatic heterocycles. The van der Waals surface area contributed by atoms with Gasteiger partial charge in [0, 0.05) is 33.3 Å². The van der Waals surface area contributed by atoms with Gasteiger partial charge < -0.3 is 9.47 Å². The van der Waals surface area contributed by atoms with Crippen LogP contribution in [0.3, 0.4) is 0 Å². The minimum atomic E-state index is -4.40. The second kappa shape index (κ2) is 5.54. The number of pyridine rings is 1. The summed E-state index contributed by atoms with van der Waals surface area (Å²) in [6.07, 6.45) is 0.695. The van der Waals surface area contributed by atoms with Gasteiger partial charge in [-0.2, -0.15) is 13.2 Å². The number of allylic oxidation sites excluding steroid dienone is 1. The highest BCUT2D eigenvalue weighted by atomic mass is 19.4. The van der Waals surface area contributed by atoms with Crippen molar-refractivity contribution in [3.8, 4) is 0 Å². The molecule has 1 aliphatic rings. The van der Waals surface area contributed by atoms with Crippen molar-refractivity contribution in [3.63, 3.8) is 0 Å². The van der Waals surface area contributed by atoms with Crippen LogP contribution >= 0.6 is 0 Å². The summed E-state index contributed by atoms with van der Waals surface area (Å²) >= 11 is 0. The van der Waals surface area contributed by atoms with Crippen molar-refractivity contribution < 1.29 is 22.6 Å². The zero-order valence-electron chi connectivity index (χ0n) is 11.3. The predicted octanol–water partition coefficient (Wildman–Crippen LogP) is 3.66. The highest BCUT2D eigenvalue weighted by Gasteiger charge is 2.33. The molecule has 0 bridgehead atoms. The van der Waals surface area contributed by atoms with Crippen LogP contribution in [0.1, 0.15) is 30.5 Å². The van der Waals surface area contributed by atoms with Crippen molar-refractivity contribution in [2.24, 2.45) is 0 Å². The number of halogens is 3. The normalized spacial score (nSPS) is 18.8. The summed E-state index contributed by atoms with van der Waals surface area (Å²) in [5.41, 5.74) is 0.801. The Labute approximate surface area is 115 Å². The molecule has 1 aromatic heterocycles. The molecular weight excluding hydrogens is 271 g/mol. The number of nitrogens with zero attached hydrogens (tertiary/aromatic N) is 1. The highest BCUT2D eigenvalue weighted by Crippen LogP contribution is 2.35. The Bertz CT molecular complexity index is 490. The summed E-state index contributed by atoms with van der Waals surface area (Å²) in [4.78, 5) is 3.47. The third kappa shape index (κ3) is 3.02. The average Bonchev–Trinajstić information content (AvgIpc) is 2.47. The van der Waals surface area contributed by atoms with E-state index in [1.54, 1.807) is 14.2 Å². The van der Waals surface area contributed by atoms with Gasteiger partial charge in [0.1, 0.15) is 5.69 Å². The molecule has 6 heteroatoms. The van der Waals surface area contributed by atoms with Gasteiger partial charge in [0.05, 0.1) is 0 Å². The lowest BCUT2D eigenvalue weighted by molar-refractivity contribution is -0.208. The summed E-state index contributed by atoms with van der Waals surface area (Å²) in [5.74, 6) is -0.622. The summed E-state index contributed by atoms with van der Waals surface area (Å²) < 4.78 is 48.0.